The van der Waals surface area contributed by atoms with Gasteiger partial charge in [0.05, 0.1) is 0 Å². The van der Waals surface area contributed by atoms with Crippen LogP contribution in [-0.2, 0) is 13.3 Å². The third kappa shape index (κ3) is 0.929. The van der Waals surface area contributed by atoms with E-state index in [1.54, 1.807) is 0 Å². The van der Waals surface area contributed by atoms with Gasteiger partial charge < -0.3 is 0 Å². The number of rotatable bonds is 1. The van der Waals surface area contributed by atoms with Crippen molar-refractivity contribution < 1.29 is 21.4 Å². The number of halogens is 3. The molecule has 1 rings (SSSR count). The van der Waals surface area contributed by atoms with Crippen LogP contribution < -0.4 is 5.25 Å². The van der Waals surface area contributed by atoms with Gasteiger partial charge in [0.25, 0.3) is 0 Å². The molecule has 56 valence electrons. The molecule has 0 saturated carbocycles. The molecule has 0 aromatic rings. The van der Waals surface area contributed by atoms with Crippen molar-refractivity contribution in [1.82, 2.24) is 5.25 Å². The van der Waals surface area contributed by atoms with Crippen molar-refractivity contribution in [3.63, 3.8) is 0 Å². The van der Waals surface area contributed by atoms with Gasteiger partial charge in [-0.25, -0.2) is 0 Å². The molecule has 1 saturated heterocycles. The summed E-state index contributed by atoms with van der Waals surface area (Å²) in [6.07, 6.45) is 0. The second-order valence-electron chi connectivity index (χ2n) is 1.36. The monoisotopic (exact) mass is 199 g/mol. The molecule has 0 atom stereocenters. The standard InChI is InChI=1S/ClF2HNO3PS/c1-9(5,6)8(2,3)4-7-8/h4H. The van der Waals surface area contributed by atoms with Gasteiger partial charge in [-0.2, -0.15) is 0 Å². The Morgan fingerprint density at radius 3 is 1.89 bits per heavy atom. The van der Waals surface area contributed by atoms with Crippen LogP contribution in [0.4, 0.5) is 8.39 Å². The average Bonchev–Trinajstić information content (AvgIpc) is 2.14. The Bertz CT molecular complexity index is 239. The predicted octanol–water partition coefficient (Wildman–Crippen LogP) is 1.16. The third-order valence-corrected chi connectivity index (χ3v) is 6.69. The molecule has 1 aliphatic rings. The molecule has 4 nitrogen and oxygen atoms in total. The van der Waals surface area contributed by atoms with Gasteiger partial charge >= 0.3 is 52.8 Å². The number of hydrogen-bond acceptors (Lipinski definition) is 4. The minimum absolute atomic E-state index is 1.00. The van der Waals surface area contributed by atoms with Crippen LogP contribution in [0.2, 0.25) is 0 Å². The van der Waals surface area contributed by atoms with Gasteiger partial charge in [-0.3, -0.25) is 0 Å². The minimum atomic E-state index is -6.08. The second kappa shape index (κ2) is 1.38. The summed E-state index contributed by atoms with van der Waals surface area (Å²) in [6.45, 7) is -6.08. The predicted molar refractivity (Wildman–Crippen MR) is 28.1 cm³/mol. The molecule has 0 bridgehead atoms. The van der Waals surface area contributed by atoms with Crippen LogP contribution in [0.3, 0.4) is 0 Å². The summed E-state index contributed by atoms with van der Waals surface area (Å²) in [4.78, 5) is 0. The Labute approximate surface area is 53.6 Å². The van der Waals surface area contributed by atoms with Gasteiger partial charge in [0.1, 0.15) is 0 Å². The Kier molecular flexibility index (Phi) is 1.16. The molecule has 1 fully saturated rings. The van der Waals surface area contributed by atoms with Crippen LogP contribution in [0.1, 0.15) is 0 Å². The first-order chi connectivity index (χ1) is 3.75. The molecule has 0 aromatic carbocycles. The van der Waals surface area contributed by atoms with Gasteiger partial charge in [-0.1, -0.05) is 0 Å². The molecular formula is HClF2NO3PS. The molecule has 9 heavy (non-hydrogen) atoms. The Morgan fingerprint density at radius 2 is 1.89 bits per heavy atom. The maximum absolute atomic E-state index is 12.1. The van der Waals surface area contributed by atoms with E-state index in [1.807, 2.05) is 0 Å². The summed E-state index contributed by atoms with van der Waals surface area (Å²) < 4.78 is 47.3. The van der Waals surface area contributed by atoms with Gasteiger partial charge in [0.2, 0.25) is 0 Å². The molecule has 0 unspecified atom stereocenters. The summed E-state index contributed by atoms with van der Waals surface area (Å²) in [6, 6.07) is 0. The van der Waals surface area contributed by atoms with Crippen molar-refractivity contribution in [2.24, 2.45) is 0 Å². The van der Waals surface area contributed by atoms with Gasteiger partial charge in [0.15, 0.2) is 0 Å². The molecule has 0 amide bonds. The number of hydrogen-bond donors (Lipinski definition) is 1. The molecular weight excluding hydrogens is 198 g/mol. The Balaban J connectivity index is 3.14. The van der Waals surface area contributed by atoms with Crippen LogP contribution in [0.25, 0.3) is 0 Å². The zero-order valence-corrected chi connectivity index (χ0v) is 6.18. The molecule has 1 N–H and O–H groups in total. The Hall–Kier alpha value is 0.450. The van der Waals surface area contributed by atoms with Crippen LogP contribution >= 0.6 is 17.5 Å². The fourth-order valence-corrected chi connectivity index (χ4v) is 2.04. The molecule has 0 aromatic heterocycles. The van der Waals surface area contributed by atoms with Crippen molar-refractivity contribution in [2.75, 3.05) is 0 Å². The van der Waals surface area contributed by atoms with E-state index in [0.717, 1.165) is 5.25 Å². The summed E-state index contributed by atoms with van der Waals surface area (Å²) in [7, 11) is -0.587. The average molecular weight is 200 g/mol. The third-order valence-electron chi connectivity index (χ3n) is 0.667. The first-order valence-electron chi connectivity index (χ1n) is 1.62. The topological polar surface area (TPSA) is 68.6 Å². The molecule has 0 spiro atoms. The summed E-state index contributed by atoms with van der Waals surface area (Å²) in [5.41, 5.74) is 0. The summed E-state index contributed by atoms with van der Waals surface area (Å²) >= 11 is 0. The second-order valence-corrected chi connectivity index (χ2v) is 9.21. The van der Waals surface area contributed by atoms with E-state index >= 15 is 0 Å². The molecule has 0 aliphatic carbocycles. The fraction of sp³-hybridized carbons (Fsp3) is 0. The van der Waals surface area contributed by atoms with Crippen molar-refractivity contribution in [1.29, 1.82) is 0 Å². The zero-order chi connectivity index (χ0) is 7.36. The van der Waals surface area contributed by atoms with Crippen molar-refractivity contribution in [2.45, 2.75) is 0 Å². The van der Waals surface area contributed by atoms with Crippen molar-refractivity contribution in [3.05, 3.63) is 0 Å². The zero-order valence-electron chi connectivity index (χ0n) is 3.71. The van der Waals surface area contributed by atoms with E-state index in [9.17, 15) is 16.8 Å². The van der Waals surface area contributed by atoms with E-state index in [4.69, 9.17) is 0 Å². The molecule has 1 heterocycles. The number of nitrogens with one attached hydrogen (secondary N) is 1. The van der Waals surface area contributed by atoms with Crippen molar-refractivity contribution >= 4 is 26.2 Å². The Morgan fingerprint density at radius 1 is 1.56 bits per heavy atom. The van der Waals surface area contributed by atoms with E-state index in [1.165, 1.54) is 0 Å². The molecule has 1 aliphatic heterocycles. The SMILES string of the molecule is O=S(=O)(Cl)P1(F)(F)NO1. The van der Waals surface area contributed by atoms with Gasteiger partial charge in [-0.05, 0) is 0 Å². The maximum atomic E-state index is 12.1. The summed E-state index contributed by atoms with van der Waals surface area (Å²) in [5, 5.41) is 1.00. The normalized spacial score (nSPS) is 34.3. The van der Waals surface area contributed by atoms with Crippen LogP contribution in [0.5, 0.6) is 0 Å². The van der Waals surface area contributed by atoms with Gasteiger partial charge in [0, 0.05) is 0 Å². The van der Waals surface area contributed by atoms with Crippen LogP contribution in [0.15, 0.2) is 0 Å². The van der Waals surface area contributed by atoms with E-state index < -0.39 is 15.5 Å². The molecule has 0 radical (unpaired) electrons. The first kappa shape index (κ1) is 7.56. The quantitative estimate of drug-likeness (QED) is 0.391. The van der Waals surface area contributed by atoms with E-state index in [0.29, 0.717) is 0 Å². The molecule has 9 heteroatoms. The van der Waals surface area contributed by atoms with E-state index in [-0.39, 0.29) is 0 Å². The fourth-order valence-electron chi connectivity index (χ4n) is 0.137. The summed E-state index contributed by atoms with van der Waals surface area (Å²) in [5.74, 6) is 0. The van der Waals surface area contributed by atoms with Crippen molar-refractivity contribution in [3.8, 4) is 0 Å². The van der Waals surface area contributed by atoms with E-state index in [2.05, 4.69) is 15.3 Å². The van der Waals surface area contributed by atoms with Crippen LogP contribution in [-0.4, -0.2) is 8.42 Å². The van der Waals surface area contributed by atoms with Gasteiger partial charge in [-0.15, -0.1) is 0 Å². The van der Waals surface area contributed by atoms with Crippen LogP contribution in [0, 0.1) is 0 Å². The first-order valence-corrected chi connectivity index (χ1v) is 6.47.